The number of H-pyrrole nitrogens is 1. The van der Waals surface area contributed by atoms with E-state index in [4.69, 9.17) is 0 Å². The van der Waals surface area contributed by atoms with E-state index in [0.29, 0.717) is 11.6 Å². The maximum Gasteiger partial charge on any atom is 0.259 e. The fourth-order valence-electron chi connectivity index (χ4n) is 3.32. The van der Waals surface area contributed by atoms with Crippen LogP contribution in [-0.2, 0) is 18.6 Å². The molecule has 1 aliphatic rings. The molecule has 1 aliphatic carbocycles. The second-order valence-corrected chi connectivity index (χ2v) is 9.99. The number of aromatic nitrogens is 4. The second kappa shape index (κ2) is 7.31. The molecule has 0 aliphatic heterocycles. The Labute approximate surface area is 173 Å². The Bertz CT molecular complexity index is 1210. The highest BCUT2D eigenvalue weighted by atomic mass is 32.2. The molecular weight excluding hydrogens is 410 g/mol. The van der Waals surface area contributed by atoms with Crippen LogP contribution < -0.4 is 10.9 Å². The first-order valence-corrected chi connectivity index (χ1v) is 11.6. The lowest BCUT2D eigenvalue weighted by atomic mass is 10.2. The molecule has 0 saturated carbocycles. The minimum atomic E-state index is -0.0148. The molecule has 0 amide bonds. The maximum absolute atomic E-state index is 12.5. The fourth-order valence-corrected chi connectivity index (χ4v) is 6.25. The van der Waals surface area contributed by atoms with Crippen molar-refractivity contribution < 1.29 is 0 Å². The second-order valence-electron chi connectivity index (χ2n) is 6.70. The minimum Gasteiger partial charge on any atom is -0.330 e. The minimum absolute atomic E-state index is 0.0148. The molecule has 0 radical (unpaired) electrons. The van der Waals surface area contributed by atoms with E-state index in [-0.39, 0.29) is 5.56 Å². The van der Waals surface area contributed by atoms with Crippen molar-refractivity contribution in [3.63, 3.8) is 0 Å². The zero-order valence-corrected chi connectivity index (χ0v) is 17.6. The van der Waals surface area contributed by atoms with Crippen LogP contribution in [0.2, 0.25) is 0 Å². The Morgan fingerprint density at radius 1 is 1.18 bits per heavy atom. The average Bonchev–Trinajstić information content (AvgIpc) is 3.37. The van der Waals surface area contributed by atoms with Crippen LogP contribution in [0.25, 0.3) is 10.2 Å². The number of nitrogens with one attached hydrogen (secondary N) is 2. The lowest BCUT2D eigenvalue weighted by Crippen LogP contribution is -2.11. The zero-order chi connectivity index (χ0) is 19.1. The molecular formula is C19H17N5OS3. The quantitative estimate of drug-likeness (QED) is 0.450. The van der Waals surface area contributed by atoms with Crippen molar-refractivity contribution in [2.75, 3.05) is 5.32 Å². The Morgan fingerprint density at radius 3 is 2.89 bits per heavy atom. The number of aryl methyl sites for hydroxylation is 3. The van der Waals surface area contributed by atoms with E-state index >= 15 is 0 Å². The summed E-state index contributed by atoms with van der Waals surface area (Å²) in [6, 6.07) is 8.15. The van der Waals surface area contributed by atoms with Gasteiger partial charge in [-0.2, -0.15) is 0 Å². The van der Waals surface area contributed by atoms with Gasteiger partial charge in [-0.05, 0) is 43.9 Å². The Kier molecular flexibility index (Phi) is 4.65. The number of fused-ring (bicyclic) bond motifs is 3. The molecule has 3 aromatic heterocycles. The predicted octanol–water partition coefficient (Wildman–Crippen LogP) is 4.67. The first-order chi connectivity index (χ1) is 13.7. The van der Waals surface area contributed by atoms with Crippen molar-refractivity contribution in [3.8, 4) is 0 Å². The monoisotopic (exact) mass is 427 g/mol. The fraction of sp³-hybridized carbons (Fsp3) is 0.263. The third-order valence-corrected chi connectivity index (χ3v) is 7.83. The van der Waals surface area contributed by atoms with Crippen LogP contribution in [0.1, 0.15) is 28.2 Å². The van der Waals surface area contributed by atoms with Gasteiger partial charge in [0.25, 0.3) is 5.56 Å². The summed E-state index contributed by atoms with van der Waals surface area (Å²) in [4.78, 5) is 22.3. The van der Waals surface area contributed by atoms with Crippen LogP contribution in [0.3, 0.4) is 0 Å². The molecule has 0 unspecified atom stereocenters. The molecule has 0 spiro atoms. The van der Waals surface area contributed by atoms with Crippen LogP contribution in [0.4, 0.5) is 10.8 Å². The predicted molar refractivity (Wildman–Crippen MR) is 116 cm³/mol. The van der Waals surface area contributed by atoms with Gasteiger partial charge in [0.15, 0.2) is 4.34 Å². The molecule has 5 rings (SSSR count). The van der Waals surface area contributed by atoms with E-state index in [2.05, 4.69) is 44.5 Å². The number of rotatable bonds is 5. The smallest absolute Gasteiger partial charge is 0.259 e. The van der Waals surface area contributed by atoms with E-state index in [0.717, 1.165) is 44.6 Å². The topological polar surface area (TPSA) is 83.6 Å². The number of aromatic amines is 1. The van der Waals surface area contributed by atoms with Crippen molar-refractivity contribution in [1.29, 1.82) is 0 Å². The van der Waals surface area contributed by atoms with Crippen LogP contribution in [0.5, 0.6) is 0 Å². The summed E-state index contributed by atoms with van der Waals surface area (Å²) < 4.78 is 0.839. The van der Waals surface area contributed by atoms with Crippen LogP contribution in [0.15, 0.2) is 33.4 Å². The first kappa shape index (κ1) is 17.8. The summed E-state index contributed by atoms with van der Waals surface area (Å²) in [5, 5.41) is 13.2. The molecule has 2 N–H and O–H groups in total. The van der Waals surface area contributed by atoms with Gasteiger partial charge in [0.05, 0.1) is 11.1 Å². The number of thiophene rings is 1. The van der Waals surface area contributed by atoms with Crippen molar-refractivity contribution in [2.24, 2.45) is 0 Å². The van der Waals surface area contributed by atoms with E-state index in [1.54, 1.807) is 11.3 Å². The first-order valence-electron chi connectivity index (χ1n) is 8.99. The Balaban J connectivity index is 1.29. The number of hydrogen-bond donors (Lipinski definition) is 2. The summed E-state index contributed by atoms with van der Waals surface area (Å²) in [5.74, 6) is 1.25. The molecule has 9 heteroatoms. The van der Waals surface area contributed by atoms with Crippen molar-refractivity contribution in [1.82, 2.24) is 20.2 Å². The largest absolute Gasteiger partial charge is 0.330 e. The third kappa shape index (κ3) is 3.45. The van der Waals surface area contributed by atoms with Gasteiger partial charge in [-0.15, -0.1) is 21.5 Å². The number of anilines is 2. The van der Waals surface area contributed by atoms with Gasteiger partial charge in [0, 0.05) is 10.6 Å². The number of thioether (sulfide) groups is 1. The van der Waals surface area contributed by atoms with Gasteiger partial charge < -0.3 is 10.3 Å². The summed E-state index contributed by atoms with van der Waals surface area (Å²) in [5.41, 5.74) is 3.40. The maximum atomic E-state index is 12.5. The zero-order valence-electron chi connectivity index (χ0n) is 15.1. The van der Waals surface area contributed by atoms with Crippen LogP contribution in [-0.4, -0.2) is 20.2 Å². The van der Waals surface area contributed by atoms with Gasteiger partial charge in [0.1, 0.15) is 10.7 Å². The highest BCUT2D eigenvalue weighted by molar-refractivity contribution is 8.00. The molecule has 0 bridgehead atoms. The molecule has 0 atom stereocenters. The summed E-state index contributed by atoms with van der Waals surface area (Å²) in [6.07, 6.45) is 3.21. The van der Waals surface area contributed by atoms with Gasteiger partial charge in [0.2, 0.25) is 5.13 Å². The lowest BCUT2D eigenvalue weighted by molar-refractivity contribution is 0.916. The molecule has 142 valence electrons. The van der Waals surface area contributed by atoms with Gasteiger partial charge >= 0.3 is 0 Å². The highest BCUT2D eigenvalue weighted by Crippen LogP contribution is 2.35. The Morgan fingerprint density at radius 2 is 2.04 bits per heavy atom. The molecule has 0 fully saturated rings. The molecule has 6 nitrogen and oxygen atoms in total. The lowest BCUT2D eigenvalue weighted by Gasteiger charge is -2.01. The third-order valence-electron chi connectivity index (χ3n) is 4.67. The van der Waals surface area contributed by atoms with Crippen LogP contribution in [0, 0.1) is 6.92 Å². The molecule has 4 aromatic rings. The summed E-state index contributed by atoms with van der Waals surface area (Å²) >= 11 is 4.69. The standard InChI is InChI=1S/C19H17N5OS3/c1-10-5-7-11(8-6-10)20-18-23-24-19(28-18)26-9-14-21-16(25)15-12-3-2-4-13(12)27-17(15)22-14/h5-8H,2-4,9H2,1H3,(H,20,23)(H,21,22,25). The van der Waals surface area contributed by atoms with E-state index in [1.807, 2.05) is 12.1 Å². The highest BCUT2D eigenvalue weighted by Gasteiger charge is 2.21. The van der Waals surface area contributed by atoms with Crippen LogP contribution >= 0.6 is 34.4 Å². The SMILES string of the molecule is Cc1ccc(Nc2nnc(SCc3nc4sc5c(c4c(=O)[nH]3)CCC5)s2)cc1. The molecule has 28 heavy (non-hydrogen) atoms. The normalized spacial score (nSPS) is 13.2. The van der Waals surface area contributed by atoms with Gasteiger partial charge in [-0.3, -0.25) is 4.79 Å². The van der Waals surface area contributed by atoms with Crippen molar-refractivity contribution >= 4 is 55.5 Å². The van der Waals surface area contributed by atoms with Crippen molar-refractivity contribution in [3.05, 3.63) is 56.4 Å². The molecule has 1 aromatic carbocycles. The summed E-state index contributed by atoms with van der Waals surface area (Å²) in [7, 11) is 0. The van der Waals surface area contributed by atoms with E-state index in [1.165, 1.54) is 39.1 Å². The van der Waals surface area contributed by atoms with Crippen molar-refractivity contribution in [2.45, 2.75) is 36.3 Å². The Hall–Kier alpha value is -2.23. The number of hydrogen-bond acceptors (Lipinski definition) is 8. The van der Waals surface area contributed by atoms with Gasteiger partial charge in [-0.25, -0.2) is 4.98 Å². The average molecular weight is 428 g/mol. The molecule has 0 saturated heterocycles. The number of nitrogens with zero attached hydrogens (tertiary/aromatic N) is 3. The van der Waals surface area contributed by atoms with E-state index < -0.39 is 0 Å². The molecule has 3 heterocycles. The summed E-state index contributed by atoms with van der Waals surface area (Å²) in [6.45, 7) is 2.06. The van der Waals surface area contributed by atoms with Gasteiger partial charge in [-0.1, -0.05) is 40.8 Å². The number of benzene rings is 1. The van der Waals surface area contributed by atoms with E-state index in [9.17, 15) is 4.79 Å².